The molecule has 2 rings (SSSR count). The molecule has 0 aliphatic rings. The molecule has 1 N–H and O–H groups in total. The molecule has 0 radical (unpaired) electrons. The summed E-state index contributed by atoms with van der Waals surface area (Å²) >= 11 is 1.40. The molecule has 0 saturated carbocycles. The second kappa shape index (κ2) is 4.89. The standard InChI is InChI=1S/C10H10FN3OS/c1-15-9-3-2-7(4-8(9)11)5-12-10-14-13-6-16-10/h2-4,6H,5H2,1H3,(H,12,14). The fourth-order valence-corrected chi connectivity index (χ4v) is 1.69. The van der Waals surface area contributed by atoms with Crippen molar-refractivity contribution < 1.29 is 9.13 Å². The number of halogens is 1. The van der Waals surface area contributed by atoms with Crippen LogP contribution in [-0.4, -0.2) is 17.3 Å². The average molecular weight is 239 g/mol. The topological polar surface area (TPSA) is 47.0 Å². The highest BCUT2D eigenvalue weighted by molar-refractivity contribution is 7.13. The molecule has 0 amide bonds. The van der Waals surface area contributed by atoms with Crippen molar-refractivity contribution in [1.29, 1.82) is 0 Å². The molecule has 6 heteroatoms. The van der Waals surface area contributed by atoms with Crippen molar-refractivity contribution in [2.45, 2.75) is 6.54 Å². The molecule has 0 aliphatic heterocycles. The number of nitrogens with one attached hydrogen (secondary N) is 1. The smallest absolute Gasteiger partial charge is 0.205 e. The van der Waals surface area contributed by atoms with Gasteiger partial charge in [0.05, 0.1) is 7.11 Å². The molecule has 0 fully saturated rings. The Bertz CT molecular complexity index is 461. The molecule has 0 atom stereocenters. The quantitative estimate of drug-likeness (QED) is 0.889. The van der Waals surface area contributed by atoms with Gasteiger partial charge < -0.3 is 10.1 Å². The van der Waals surface area contributed by atoms with Gasteiger partial charge >= 0.3 is 0 Å². The van der Waals surface area contributed by atoms with Gasteiger partial charge in [-0.3, -0.25) is 0 Å². The maximum Gasteiger partial charge on any atom is 0.205 e. The molecule has 4 nitrogen and oxygen atoms in total. The molecule has 0 spiro atoms. The Balaban J connectivity index is 2.02. The minimum absolute atomic E-state index is 0.250. The van der Waals surface area contributed by atoms with Crippen LogP contribution in [0.4, 0.5) is 9.52 Å². The van der Waals surface area contributed by atoms with E-state index in [1.165, 1.54) is 24.5 Å². The zero-order chi connectivity index (χ0) is 11.4. The number of rotatable bonds is 4. The third-order valence-electron chi connectivity index (χ3n) is 2.02. The van der Waals surface area contributed by atoms with Gasteiger partial charge in [-0.2, -0.15) is 0 Å². The van der Waals surface area contributed by atoms with Gasteiger partial charge in [0.15, 0.2) is 11.6 Å². The van der Waals surface area contributed by atoms with Crippen molar-refractivity contribution in [3.05, 3.63) is 35.1 Å². The first-order chi connectivity index (χ1) is 7.79. The lowest BCUT2D eigenvalue weighted by Gasteiger charge is -2.05. The van der Waals surface area contributed by atoms with Gasteiger partial charge in [-0.05, 0) is 17.7 Å². The van der Waals surface area contributed by atoms with E-state index in [1.54, 1.807) is 17.6 Å². The Morgan fingerprint density at radius 2 is 2.38 bits per heavy atom. The normalized spacial score (nSPS) is 10.1. The summed E-state index contributed by atoms with van der Waals surface area (Å²) in [5.74, 6) is -0.112. The summed E-state index contributed by atoms with van der Waals surface area (Å²) in [6.07, 6.45) is 0. The van der Waals surface area contributed by atoms with Gasteiger partial charge in [-0.1, -0.05) is 17.4 Å². The van der Waals surface area contributed by atoms with E-state index in [0.29, 0.717) is 6.54 Å². The monoisotopic (exact) mass is 239 g/mol. The lowest BCUT2D eigenvalue weighted by Crippen LogP contribution is -2.00. The molecule has 1 aromatic heterocycles. The molecule has 16 heavy (non-hydrogen) atoms. The summed E-state index contributed by atoms with van der Waals surface area (Å²) in [5, 5.41) is 11.3. The van der Waals surface area contributed by atoms with E-state index in [-0.39, 0.29) is 11.6 Å². The van der Waals surface area contributed by atoms with E-state index in [2.05, 4.69) is 15.5 Å². The van der Waals surface area contributed by atoms with Crippen molar-refractivity contribution in [1.82, 2.24) is 10.2 Å². The van der Waals surface area contributed by atoms with Crippen molar-refractivity contribution in [2.75, 3.05) is 12.4 Å². The highest BCUT2D eigenvalue weighted by atomic mass is 32.1. The second-order valence-electron chi connectivity index (χ2n) is 3.07. The molecule has 2 aromatic rings. The number of anilines is 1. The van der Waals surface area contributed by atoms with E-state index < -0.39 is 0 Å². The largest absolute Gasteiger partial charge is 0.494 e. The van der Waals surface area contributed by atoms with Gasteiger partial charge in [-0.25, -0.2) is 4.39 Å². The Labute approximate surface area is 96.1 Å². The lowest BCUT2D eigenvalue weighted by molar-refractivity contribution is 0.386. The number of hydrogen-bond donors (Lipinski definition) is 1. The number of benzene rings is 1. The second-order valence-corrected chi connectivity index (χ2v) is 3.90. The predicted molar refractivity (Wildman–Crippen MR) is 60.2 cm³/mol. The van der Waals surface area contributed by atoms with Crippen LogP contribution in [0.1, 0.15) is 5.56 Å². The van der Waals surface area contributed by atoms with Crippen LogP contribution in [0.25, 0.3) is 0 Å². The van der Waals surface area contributed by atoms with Crippen LogP contribution >= 0.6 is 11.3 Å². The Kier molecular flexibility index (Phi) is 3.31. The first-order valence-electron chi connectivity index (χ1n) is 4.62. The van der Waals surface area contributed by atoms with Crippen LogP contribution in [0.5, 0.6) is 5.75 Å². The lowest BCUT2D eigenvalue weighted by atomic mass is 10.2. The van der Waals surface area contributed by atoms with Crippen LogP contribution in [0.3, 0.4) is 0 Å². The van der Waals surface area contributed by atoms with Gasteiger partial charge in [0, 0.05) is 6.54 Å². The maximum atomic E-state index is 13.3. The average Bonchev–Trinajstić information content (AvgIpc) is 2.79. The fourth-order valence-electron chi connectivity index (χ4n) is 1.25. The molecular weight excluding hydrogens is 229 g/mol. The van der Waals surface area contributed by atoms with E-state index in [1.807, 2.05) is 0 Å². The summed E-state index contributed by atoms with van der Waals surface area (Å²) in [6.45, 7) is 0.510. The van der Waals surface area contributed by atoms with Crippen LogP contribution in [-0.2, 0) is 6.54 Å². The number of ether oxygens (including phenoxy) is 1. The molecule has 0 unspecified atom stereocenters. The van der Waals surface area contributed by atoms with E-state index in [4.69, 9.17) is 4.74 Å². The minimum Gasteiger partial charge on any atom is -0.494 e. The third kappa shape index (κ3) is 2.46. The molecule has 0 bridgehead atoms. The van der Waals surface area contributed by atoms with Gasteiger partial charge in [0.25, 0.3) is 0 Å². The Morgan fingerprint density at radius 3 is 3.00 bits per heavy atom. The summed E-state index contributed by atoms with van der Waals surface area (Å²) < 4.78 is 18.2. The number of nitrogens with zero attached hydrogens (tertiary/aromatic N) is 2. The van der Waals surface area contributed by atoms with Crippen LogP contribution in [0, 0.1) is 5.82 Å². The van der Waals surface area contributed by atoms with E-state index >= 15 is 0 Å². The minimum atomic E-state index is -0.362. The van der Waals surface area contributed by atoms with Crippen molar-refractivity contribution in [3.8, 4) is 5.75 Å². The van der Waals surface area contributed by atoms with Gasteiger partial charge in [0.2, 0.25) is 5.13 Å². The summed E-state index contributed by atoms with van der Waals surface area (Å²) in [6, 6.07) is 4.84. The Hall–Kier alpha value is -1.69. The van der Waals surface area contributed by atoms with Crippen LogP contribution in [0.2, 0.25) is 0 Å². The number of hydrogen-bond acceptors (Lipinski definition) is 5. The van der Waals surface area contributed by atoms with Crippen molar-refractivity contribution >= 4 is 16.5 Å². The zero-order valence-corrected chi connectivity index (χ0v) is 9.42. The fraction of sp³-hybridized carbons (Fsp3) is 0.200. The van der Waals surface area contributed by atoms with Crippen molar-refractivity contribution in [3.63, 3.8) is 0 Å². The van der Waals surface area contributed by atoms with Gasteiger partial charge in [0.1, 0.15) is 5.51 Å². The van der Waals surface area contributed by atoms with E-state index in [9.17, 15) is 4.39 Å². The first kappa shape index (κ1) is 10.8. The number of aromatic nitrogens is 2. The Morgan fingerprint density at radius 1 is 1.50 bits per heavy atom. The molecule has 1 aromatic carbocycles. The summed E-state index contributed by atoms with van der Waals surface area (Å²) in [7, 11) is 1.44. The molecule has 0 aliphatic carbocycles. The van der Waals surface area contributed by atoms with Crippen LogP contribution < -0.4 is 10.1 Å². The van der Waals surface area contributed by atoms with E-state index in [0.717, 1.165) is 10.7 Å². The predicted octanol–water partition coefficient (Wildman–Crippen LogP) is 2.30. The SMILES string of the molecule is COc1ccc(CNc2nncs2)cc1F. The molecule has 84 valence electrons. The molecule has 0 saturated heterocycles. The molecule has 1 heterocycles. The van der Waals surface area contributed by atoms with Crippen molar-refractivity contribution in [2.24, 2.45) is 0 Å². The summed E-state index contributed by atoms with van der Waals surface area (Å²) in [5.41, 5.74) is 2.46. The highest BCUT2D eigenvalue weighted by Crippen LogP contribution is 2.18. The molecular formula is C10H10FN3OS. The third-order valence-corrected chi connectivity index (χ3v) is 2.67. The number of methoxy groups -OCH3 is 1. The highest BCUT2D eigenvalue weighted by Gasteiger charge is 2.03. The maximum absolute atomic E-state index is 13.3. The first-order valence-corrected chi connectivity index (χ1v) is 5.50. The summed E-state index contributed by atoms with van der Waals surface area (Å²) in [4.78, 5) is 0. The van der Waals surface area contributed by atoms with Gasteiger partial charge in [-0.15, -0.1) is 10.2 Å². The zero-order valence-electron chi connectivity index (χ0n) is 8.61. The van der Waals surface area contributed by atoms with Crippen LogP contribution in [0.15, 0.2) is 23.7 Å².